The summed E-state index contributed by atoms with van der Waals surface area (Å²) in [5.74, 6) is -0.376. The molecule has 1 unspecified atom stereocenters. The predicted molar refractivity (Wildman–Crippen MR) is 70.4 cm³/mol. The fourth-order valence-electron chi connectivity index (χ4n) is 1.47. The summed E-state index contributed by atoms with van der Waals surface area (Å²) in [5.41, 5.74) is -0.316. The first-order valence-electron chi connectivity index (χ1n) is 5.94. The van der Waals surface area contributed by atoms with Gasteiger partial charge in [0.25, 0.3) is 0 Å². The van der Waals surface area contributed by atoms with E-state index in [4.69, 9.17) is 4.74 Å². The molecule has 0 aliphatic heterocycles. The quantitative estimate of drug-likeness (QED) is 0.732. The van der Waals surface area contributed by atoms with Gasteiger partial charge in [0.1, 0.15) is 5.01 Å². The van der Waals surface area contributed by atoms with E-state index in [1.807, 2.05) is 19.2 Å². The SMILES string of the molecule is CCOC(=O)CC(O)CNC(C)(C)c1nccs1. The number of esters is 1. The molecule has 0 bridgehead atoms. The average molecular weight is 272 g/mol. The normalized spacial score (nSPS) is 13.3. The minimum atomic E-state index is -0.747. The van der Waals surface area contributed by atoms with Crippen LogP contribution >= 0.6 is 11.3 Å². The minimum Gasteiger partial charge on any atom is -0.466 e. The molecule has 1 aromatic rings. The number of carbonyl (C=O) groups is 1. The van der Waals surface area contributed by atoms with Gasteiger partial charge in [0.15, 0.2) is 0 Å². The topological polar surface area (TPSA) is 71.5 Å². The second-order valence-corrected chi connectivity index (χ2v) is 5.40. The molecular weight excluding hydrogens is 252 g/mol. The number of carbonyl (C=O) groups excluding carboxylic acids is 1. The van der Waals surface area contributed by atoms with Crippen LogP contribution in [-0.4, -0.2) is 35.3 Å². The maximum Gasteiger partial charge on any atom is 0.308 e. The van der Waals surface area contributed by atoms with Gasteiger partial charge in [-0.1, -0.05) is 0 Å². The van der Waals surface area contributed by atoms with E-state index in [1.54, 1.807) is 24.5 Å². The van der Waals surface area contributed by atoms with Crippen molar-refractivity contribution in [3.63, 3.8) is 0 Å². The van der Waals surface area contributed by atoms with Gasteiger partial charge in [-0.2, -0.15) is 0 Å². The van der Waals surface area contributed by atoms with E-state index >= 15 is 0 Å². The third-order valence-corrected chi connectivity index (χ3v) is 3.55. The van der Waals surface area contributed by atoms with Crippen LogP contribution in [0.4, 0.5) is 0 Å². The Balaban J connectivity index is 2.38. The molecule has 0 radical (unpaired) electrons. The number of aliphatic hydroxyl groups is 1. The summed E-state index contributed by atoms with van der Waals surface area (Å²) in [7, 11) is 0. The van der Waals surface area contributed by atoms with Crippen molar-refractivity contribution in [2.24, 2.45) is 0 Å². The average Bonchev–Trinajstić information content (AvgIpc) is 2.81. The van der Waals surface area contributed by atoms with E-state index < -0.39 is 6.10 Å². The van der Waals surface area contributed by atoms with Gasteiger partial charge in [0.05, 0.1) is 24.7 Å². The standard InChI is InChI=1S/C12H20N2O3S/c1-4-17-10(16)7-9(15)8-14-12(2,3)11-13-5-6-18-11/h5-6,9,14-15H,4,7-8H2,1-3H3. The van der Waals surface area contributed by atoms with Gasteiger partial charge < -0.3 is 15.2 Å². The Kier molecular flexibility index (Phi) is 5.71. The molecule has 0 aliphatic rings. The summed E-state index contributed by atoms with van der Waals surface area (Å²) >= 11 is 1.56. The van der Waals surface area contributed by atoms with Crippen LogP contribution in [0.3, 0.4) is 0 Å². The highest BCUT2D eigenvalue weighted by Crippen LogP contribution is 2.21. The zero-order valence-electron chi connectivity index (χ0n) is 11.0. The highest BCUT2D eigenvalue weighted by Gasteiger charge is 2.24. The first-order valence-corrected chi connectivity index (χ1v) is 6.82. The maximum absolute atomic E-state index is 11.2. The molecule has 18 heavy (non-hydrogen) atoms. The molecule has 0 aliphatic carbocycles. The molecule has 0 saturated carbocycles. The van der Waals surface area contributed by atoms with Crippen molar-refractivity contribution in [1.82, 2.24) is 10.3 Å². The second kappa shape index (κ2) is 6.82. The largest absolute Gasteiger partial charge is 0.466 e. The molecule has 6 heteroatoms. The zero-order valence-corrected chi connectivity index (χ0v) is 11.8. The number of ether oxygens (including phenoxy) is 1. The second-order valence-electron chi connectivity index (χ2n) is 4.51. The molecular formula is C12H20N2O3S. The number of aliphatic hydroxyl groups excluding tert-OH is 1. The van der Waals surface area contributed by atoms with Crippen molar-refractivity contribution in [3.8, 4) is 0 Å². The van der Waals surface area contributed by atoms with Gasteiger partial charge in [-0.3, -0.25) is 4.79 Å². The molecule has 0 amide bonds. The molecule has 1 aromatic heterocycles. The first kappa shape index (κ1) is 15.1. The smallest absolute Gasteiger partial charge is 0.308 e. The molecule has 0 aromatic carbocycles. The predicted octanol–water partition coefficient (Wildman–Crippen LogP) is 1.28. The Hall–Kier alpha value is -0.980. The molecule has 1 rings (SSSR count). The zero-order chi connectivity index (χ0) is 13.6. The van der Waals surface area contributed by atoms with Gasteiger partial charge in [0.2, 0.25) is 0 Å². The summed E-state index contributed by atoms with van der Waals surface area (Å²) in [6.07, 6.45) is 1.01. The molecule has 1 atom stereocenters. The molecule has 0 spiro atoms. The van der Waals surface area contributed by atoms with Crippen molar-refractivity contribution in [3.05, 3.63) is 16.6 Å². The number of thiazole rings is 1. The Labute approximate surface area is 111 Å². The summed E-state index contributed by atoms with van der Waals surface area (Å²) in [4.78, 5) is 15.4. The van der Waals surface area contributed by atoms with Gasteiger partial charge >= 0.3 is 5.97 Å². The van der Waals surface area contributed by atoms with Crippen molar-refractivity contribution in [1.29, 1.82) is 0 Å². The molecule has 5 nitrogen and oxygen atoms in total. The fraction of sp³-hybridized carbons (Fsp3) is 0.667. The summed E-state index contributed by atoms with van der Waals surface area (Å²) in [6.45, 7) is 6.38. The van der Waals surface area contributed by atoms with Crippen LogP contribution in [0, 0.1) is 0 Å². The van der Waals surface area contributed by atoms with E-state index in [9.17, 15) is 9.90 Å². The molecule has 0 fully saturated rings. The van der Waals surface area contributed by atoms with Gasteiger partial charge in [-0.05, 0) is 20.8 Å². The Morgan fingerprint density at radius 2 is 2.39 bits per heavy atom. The highest BCUT2D eigenvalue weighted by atomic mass is 32.1. The number of aromatic nitrogens is 1. The third-order valence-electron chi connectivity index (χ3n) is 2.45. The van der Waals surface area contributed by atoms with Crippen molar-refractivity contribution in [2.45, 2.75) is 38.8 Å². The molecule has 102 valence electrons. The lowest BCUT2D eigenvalue weighted by molar-refractivity contribution is -0.145. The third kappa shape index (κ3) is 4.72. The number of hydrogen-bond acceptors (Lipinski definition) is 6. The van der Waals surface area contributed by atoms with Crippen LogP contribution in [0.1, 0.15) is 32.2 Å². The molecule has 0 saturated heterocycles. The van der Waals surface area contributed by atoms with Crippen molar-refractivity contribution < 1.29 is 14.6 Å². The van der Waals surface area contributed by atoms with Gasteiger partial charge in [-0.25, -0.2) is 4.98 Å². The Morgan fingerprint density at radius 1 is 1.67 bits per heavy atom. The number of hydrogen-bond donors (Lipinski definition) is 2. The highest BCUT2D eigenvalue weighted by molar-refractivity contribution is 7.09. The minimum absolute atomic E-state index is 0.00872. The van der Waals surface area contributed by atoms with Crippen molar-refractivity contribution >= 4 is 17.3 Å². The Bertz CT molecular complexity index is 365. The van der Waals surface area contributed by atoms with Crippen molar-refractivity contribution in [2.75, 3.05) is 13.2 Å². The van der Waals surface area contributed by atoms with Crippen LogP contribution in [-0.2, 0) is 15.1 Å². The van der Waals surface area contributed by atoms with Crippen LogP contribution in [0.15, 0.2) is 11.6 Å². The monoisotopic (exact) mass is 272 g/mol. The molecule has 2 N–H and O–H groups in total. The van der Waals surface area contributed by atoms with E-state index in [-0.39, 0.29) is 17.9 Å². The lowest BCUT2D eigenvalue weighted by atomic mass is 10.1. The van der Waals surface area contributed by atoms with Gasteiger partial charge in [-0.15, -0.1) is 11.3 Å². The molecule has 1 heterocycles. The van der Waals surface area contributed by atoms with E-state index in [2.05, 4.69) is 10.3 Å². The van der Waals surface area contributed by atoms with E-state index in [0.717, 1.165) is 5.01 Å². The van der Waals surface area contributed by atoms with Crippen LogP contribution < -0.4 is 5.32 Å². The summed E-state index contributed by atoms with van der Waals surface area (Å²) in [5, 5.41) is 15.8. The van der Waals surface area contributed by atoms with E-state index in [1.165, 1.54) is 0 Å². The number of nitrogens with one attached hydrogen (secondary N) is 1. The Morgan fingerprint density at radius 3 is 2.94 bits per heavy atom. The first-order chi connectivity index (χ1) is 8.45. The lowest BCUT2D eigenvalue weighted by Crippen LogP contribution is -2.41. The van der Waals surface area contributed by atoms with Crippen LogP contribution in [0.5, 0.6) is 0 Å². The van der Waals surface area contributed by atoms with Crippen LogP contribution in [0.25, 0.3) is 0 Å². The van der Waals surface area contributed by atoms with Crippen LogP contribution in [0.2, 0.25) is 0 Å². The summed E-state index contributed by atoms with van der Waals surface area (Å²) < 4.78 is 4.78. The number of rotatable bonds is 7. The number of nitrogens with zero attached hydrogens (tertiary/aromatic N) is 1. The van der Waals surface area contributed by atoms with Gasteiger partial charge in [0, 0.05) is 18.1 Å². The van der Waals surface area contributed by atoms with E-state index in [0.29, 0.717) is 13.2 Å². The fourth-order valence-corrected chi connectivity index (χ4v) is 2.20. The lowest BCUT2D eigenvalue weighted by Gasteiger charge is -2.25. The maximum atomic E-state index is 11.2. The summed E-state index contributed by atoms with van der Waals surface area (Å²) in [6, 6.07) is 0.